The van der Waals surface area contributed by atoms with Gasteiger partial charge in [-0.1, -0.05) is 0 Å². The highest BCUT2D eigenvalue weighted by atomic mass is 79.9. The van der Waals surface area contributed by atoms with Crippen molar-refractivity contribution in [3.05, 3.63) is 52.5 Å². The van der Waals surface area contributed by atoms with E-state index in [-0.39, 0.29) is 11.7 Å². The normalized spacial score (nSPS) is 10.1. The molecule has 0 aliphatic heterocycles. The number of amides is 1. The van der Waals surface area contributed by atoms with Crippen LogP contribution >= 0.6 is 15.9 Å². The van der Waals surface area contributed by atoms with Gasteiger partial charge in [-0.05, 0) is 40.2 Å². The van der Waals surface area contributed by atoms with Gasteiger partial charge >= 0.3 is 0 Å². The summed E-state index contributed by atoms with van der Waals surface area (Å²) in [5.74, 6) is -0.122. The van der Waals surface area contributed by atoms with Crippen LogP contribution in [0.4, 0.5) is 10.3 Å². The van der Waals surface area contributed by atoms with Crippen molar-refractivity contribution in [3.8, 4) is 0 Å². The molecule has 0 saturated carbocycles. The number of nitrogens with one attached hydrogen (secondary N) is 2. The van der Waals surface area contributed by atoms with Crippen molar-refractivity contribution < 1.29 is 9.18 Å². The van der Waals surface area contributed by atoms with E-state index in [1.54, 1.807) is 12.4 Å². The second kappa shape index (κ2) is 6.95. The van der Waals surface area contributed by atoms with E-state index in [1.807, 2.05) is 0 Å². The Bertz CT molecular complexity index is 574. The van der Waals surface area contributed by atoms with Crippen molar-refractivity contribution in [1.82, 2.24) is 15.3 Å². The summed E-state index contributed by atoms with van der Waals surface area (Å²) in [5.41, 5.74) is 0.422. The SMILES string of the molecule is O=C(NCCNc1ncc(Br)cn1)c1ccc(F)cc1. The fourth-order valence-electron chi connectivity index (χ4n) is 1.46. The van der Waals surface area contributed by atoms with Crippen LogP contribution in [0, 0.1) is 5.82 Å². The number of nitrogens with zero attached hydrogens (tertiary/aromatic N) is 2. The van der Waals surface area contributed by atoms with Crippen LogP contribution in [0.25, 0.3) is 0 Å². The molecule has 1 heterocycles. The minimum absolute atomic E-state index is 0.247. The molecular weight excluding hydrogens is 327 g/mol. The molecule has 0 fully saturated rings. The predicted octanol–water partition coefficient (Wildman–Crippen LogP) is 2.22. The number of rotatable bonds is 5. The van der Waals surface area contributed by atoms with Crippen molar-refractivity contribution in [1.29, 1.82) is 0 Å². The molecule has 1 aromatic carbocycles. The molecule has 2 rings (SSSR count). The Morgan fingerprint density at radius 3 is 2.45 bits per heavy atom. The summed E-state index contributed by atoms with van der Waals surface area (Å²) in [7, 11) is 0. The van der Waals surface area contributed by atoms with Crippen LogP contribution in [0.15, 0.2) is 41.1 Å². The van der Waals surface area contributed by atoms with Crippen LogP contribution in [-0.4, -0.2) is 29.0 Å². The van der Waals surface area contributed by atoms with Gasteiger partial charge in [0.05, 0.1) is 4.47 Å². The van der Waals surface area contributed by atoms with E-state index < -0.39 is 0 Å². The molecule has 1 aromatic heterocycles. The summed E-state index contributed by atoms with van der Waals surface area (Å²) in [5, 5.41) is 5.68. The largest absolute Gasteiger partial charge is 0.352 e. The third kappa shape index (κ3) is 4.27. The molecule has 0 aliphatic rings. The van der Waals surface area contributed by atoms with Crippen LogP contribution in [0.3, 0.4) is 0 Å². The molecular formula is C13H12BrFN4O. The van der Waals surface area contributed by atoms with Gasteiger partial charge in [-0.2, -0.15) is 0 Å². The zero-order chi connectivity index (χ0) is 14.4. The van der Waals surface area contributed by atoms with Gasteiger partial charge in [0.25, 0.3) is 5.91 Å². The zero-order valence-electron chi connectivity index (χ0n) is 10.4. The first-order valence-corrected chi connectivity index (χ1v) is 6.69. The highest BCUT2D eigenvalue weighted by Gasteiger charge is 2.04. The van der Waals surface area contributed by atoms with Gasteiger partial charge in [-0.15, -0.1) is 0 Å². The monoisotopic (exact) mass is 338 g/mol. The number of hydrogen-bond acceptors (Lipinski definition) is 4. The Hall–Kier alpha value is -2.02. The number of hydrogen-bond donors (Lipinski definition) is 2. The summed E-state index contributed by atoms with van der Waals surface area (Å²) >= 11 is 3.24. The van der Waals surface area contributed by atoms with Crippen molar-refractivity contribution in [2.75, 3.05) is 18.4 Å². The number of anilines is 1. The predicted molar refractivity (Wildman–Crippen MR) is 77.0 cm³/mol. The van der Waals surface area contributed by atoms with E-state index in [2.05, 4.69) is 36.5 Å². The van der Waals surface area contributed by atoms with E-state index in [1.165, 1.54) is 24.3 Å². The second-order valence-electron chi connectivity index (χ2n) is 3.91. The number of halogens is 2. The number of aromatic nitrogens is 2. The van der Waals surface area contributed by atoms with Crippen molar-refractivity contribution in [2.45, 2.75) is 0 Å². The standard InChI is InChI=1S/C13H12BrFN4O/c14-10-7-18-13(19-8-10)17-6-5-16-12(20)9-1-3-11(15)4-2-9/h1-4,7-8H,5-6H2,(H,16,20)(H,17,18,19). The summed E-state index contributed by atoms with van der Waals surface area (Å²) in [4.78, 5) is 19.8. The third-order valence-electron chi connectivity index (χ3n) is 2.42. The average molecular weight is 339 g/mol. The van der Waals surface area contributed by atoms with E-state index in [9.17, 15) is 9.18 Å². The van der Waals surface area contributed by atoms with Gasteiger partial charge in [0.1, 0.15) is 5.82 Å². The Morgan fingerprint density at radius 1 is 1.15 bits per heavy atom. The van der Waals surface area contributed by atoms with Crippen LogP contribution in [-0.2, 0) is 0 Å². The zero-order valence-corrected chi connectivity index (χ0v) is 12.0. The molecule has 0 radical (unpaired) electrons. The van der Waals surface area contributed by atoms with Crippen LogP contribution < -0.4 is 10.6 Å². The molecule has 2 aromatic rings. The first kappa shape index (κ1) is 14.4. The van der Waals surface area contributed by atoms with Gasteiger partial charge in [0.2, 0.25) is 5.95 Å². The maximum atomic E-state index is 12.7. The second-order valence-corrected chi connectivity index (χ2v) is 4.83. The minimum Gasteiger partial charge on any atom is -0.352 e. The fraction of sp³-hybridized carbons (Fsp3) is 0.154. The summed E-state index contributed by atoms with van der Waals surface area (Å²) in [6, 6.07) is 5.39. The maximum Gasteiger partial charge on any atom is 0.251 e. The Balaban J connectivity index is 1.74. The van der Waals surface area contributed by atoms with E-state index in [0.29, 0.717) is 24.6 Å². The number of carbonyl (C=O) groups excluding carboxylic acids is 1. The molecule has 5 nitrogen and oxygen atoms in total. The molecule has 1 amide bonds. The molecule has 104 valence electrons. The maximum absolute atomic E-state index is 12.7. The molecule has 0 saturated heterocycles. The topological polar surface area (TPSA) is 66.9 Å². The number of carbonyl (C=O) groups is 1. The lowest BCUT2D eigenvalue weighted by molar-refractivity contribution is 0.0955. The smallest absolute Gasteiger partial charge is 0.251 e. The van der Waals surface area contributed by atoms with Gasteiger partial charge in [0, 0.05) is 31.0 Å². The first-order chi connectivity index (χ1) is 9.65. The molecule has 7 heteroatoms. The van der Waals surface area contributed by atoms with Crippen LogP contribution in [0.5, 0.6) is 0 Å². The average Bonchev–Trinajstić information content (AvgIpc) is 2.46. The van der Waals surface area contributed by atoms with Crippen molar-refractivity contribution >= 4 is 27.8 Å². The van der Waals surface area contributed by atoms with E-state index in [0.717, 1.165) is 4.47 Å². The Kier molecular flexibility index (Phi) is 5.00. The summed E-state index contributed by atoms with van der Waals surface area (Å²) in [6.45, 7) is 0.907. The van der Waals surface area contributed by atoms with Crippen molar-refractivity contribution in [2.24, 2.45) is 0 Å². The highest BCUT2D eigenvalue weighted by molar-refractivity contribution is 9.10. The van der Waals surface area contributed by atoms with Gasteiger partial charge in [-0.25, -0.2) is 14.4 Å². The van der Waals surface area contributed by atoms with Crippen LogP contribution in [0.2, 0.25) is 0 Å². The molecule has 0 unspecified atom stereocenters. The number of benzene rings is 1. The van der Waals surface area contributed by atoms with E-state index >= 15 is 0 Å². The first-order valence-electron chi connectivity index (χ1n) is 5.90. The lowest BCUT2D eigenvalue weighted by Crippen LogP contribution is -2.29. The molecule has 0 spiro atoms. The molecule has 20 heavy (non-hydrogen) atoms. The third-order valence-corrected chi connectivity index (χ3v) is 2.83. The molecule has 0 bridgehead atoms. The van der Waals surface area contributed by atoms with Gasteiger partial charge in [0.15, 0.2) is 0 Å². The minimum atomic E-state index is -0.365. The Morgan fingerprint density at radius 2 is 1.80 bits per heavy atom. The molecule has 0 aliphatic carbocycles. The quantitative estimate of drug-likeness (QED) is 0.820. The Labute approximate surface area is 123 Å². The fourth-order valence-corrected chi connectivity index (χ4v) is 1.66. The molecule has 2 N–H and O–H groups in total. The summed E-state index contributed by atoms with van der Waals surface area (Å²) in [6.07, 6.45) is 3.26. The van der Waals surface area contributed by atoms with Crippen molar-refractivity contribution in [3.63, 3.8) is 0 Å². The lowest BCUT2D eigenvalue weighted by Gasteiger charge is -2.06. The summed E-state index contributed by atoms with van der Waals surface area (Å²) < 4.78 is 13.5. The van der Waals surface area contributed by atoms with Gasteiger partial charge in [-0.3, -0.25) is 4.79 Å². The molecule has 0 atom stereocenters. The highest BCUT2D eigenvalue weighted by Crippen LogP contribution is 2.06. The lowest BCUT2D eigenvalue weighted by atomic mass is 10.2. The van der Waals surface area contributed by atoms with Gasteiger partial charge < -0.3 is 10.6 Å². The van der Waals surface area contributed by atoms with E-state index in [4.69, 9.17) is 0 Å². The van der Waals surface area contributed by atoms with Crippen LogP contribution in [0.1, 0.15) is 10.4 Å².